The van der Waals surface area contributed by atoms with Gasteiger partial charge in [0.15, 0.2) is 5.78 Å². The summed E-state index contributed by atoms with van der Waals surface area (Å²) in [6.07, 6.45) is -1.96. The Morgan fingerprint density at radius 2 is 1.65 bits per heavy atom. The van der Waals surface area contributed by atoms with Crippen LogP contribution in [0.5, 0.6) is 0 Å². The number of aliphatic hydroxyl groups is 2. The maximum Gasteiger partial charge on any atom is 0.193 e. The number of carbonyl (C=O) groups excluding carboxylic acids is 1. The molecule has 2 aromatic rings. The third-order valence-corrected chi connectivity index (χ3v) is 3.50. The molecule has 0 radical (unpaired) electrons. The van der Waals surface area contributed by atoms with Crippen LogP contribution in [0.1, 0.15) is 34.0 Å². The largest absolute Gasteiger partial charge is 0.390 e. The number of nitrogens with zero attached hydrogens (tertiary/aromatic N) is 3. The van der Waals surface area contributed by atoms with Crippen LogP contribution in [0.25, 0.3) is 10.4 Å². The van der Waals surface area contributed by atoms with Crippen molar-refractivity contribution in [3.63, 3.8) is 0 Å². The van der Waals surface area contributed by atoms with Crippen LogP contribution in [0.15, 0.2) is 59.7 Å². The Hall–Kier alpha value is -2.66. The molecule has 0 amide bonds. The predicted molar refractivity (Wildman–Crippen MR) is 85.9 cm³/mol. The van der Waals surface area contributed by atoms with Gasteiger partial charge in [0.1, 0.15) is 6.10 Å². The summed E-state index contributed by atoms with van der Waals surface area (Å²) in [6, 6.07) is 15.4. The first-order chi connectivity index (χ1) is 11.1. The van der Waals surface area contributed by atoms with E-state index in [0.29, 0.717) is 16.7 Å². The van der Waals surface area contributed by atoms with Gasteiger partial charge in [0.05, 0.1) is 6.10 Å². The third kappa shape index (κ3) is 4.40. The van der Waals surface area contributed by atoms with E-state index >= 15 is 0 Å². The smallest absolute Gasteiger partial charge is 0.193 e. The third-order valence-electron chi connectivity index (χ3n) is 3.50. The molecule has 0 spiro atoms. The van der Waals surface area contributed by atoms with E-state index in [2.05, 4.69) is 10.0 Å². The van der Waals surface area contributed by atoms with Crippen LogP contribution < -0.4 is 0 Å². The fraction of sp³-hybridized carbons (Fsp3) is 0.235. The Balaban J connectivity index is 2.07. The minimum Gasteiger partial charge on any atom is -0.390 e. The first-order valence-corrected chi connectivity index (χ1v) is 7.20. The number of aliphatic hydroxyl groups excluding tert-OH is 2. The Kier molecular flexibility index (Phi) is 5.88. The monoisotopic (exact) mass is 311 g/mol. The van der Waals surface area contributed by atoms with Crippen LogP contribution in [0, 0.1) is 0 Å². The van der Waals surface area contributed by atoms with Gasteiger partial charge < -0.3 is 10.2 Å². The minimum absolute atomic E-state index is 0.101. The zero-order valence-electron chi connectivity index (χ0n) is 12.4. The molecular formula is C17H17N3O3. The van der Waals surface area contributed by atoms with Gasteiger partial charge in [0.25, 0.3) is 0 Å². The van der Waals surface area contributed by atoms with Crippen molar-refractivity contribution in [2.75, 3.05) is 6.54 Å². The summed E-state index contributed by atoms with van der Waals surface area (Å²) in [5, 5.41) is 23.2. The topological polar surface area (TPSA) is 106 Å². The first kappa shape index (κ1) is 16.7. The van der Waals surface area contributed by atoms with Gasteiger partial charge in [-0.25, -0.2) is 0 Å². The van der Waals surface area contributed by atoms with E-state index in [1.807, 2.05) is 6.07 Å². The summed E-state index contributed by atoms with van der Waals surface area (Å²) in [5.74, 6) is -0.101. The molecule has 6 heteroatoms. The molecule has 2 unspecified atom stereocenters. The highest BCUT2D eigenvalue weighted by molar-refractivity contribution is 6.08. The van der Waals surface area contributed by atoms with Crippen LogP contribution in [0.3, 0.4) is 0 Å². The number of benzene rings is 2. The van der Waals surface area contributed by atoms with E-state index in [1.54, 1.807) is 48.5 Å². The molecule has 0 aromatic heterocycles. The van der Waals surface area contributed by atoms with Gasteiger partial charge >= 0.3 is 0 Å². The minimum atomic E-state index is -1.09. The Bertz CT molecular complexity index is 695. The molecule has 2 N–H and O–H groups in total. The molecule has 0 aliphatic rings. The Morgan fingerprint density at radius 3 is 2.26 bits per heavy atom. The van der Waals surface area contributed by atoms with Gasteiger partial charge in [0.2, 0.25) is 0 Å². The van der Waals surface area contributed by atoms with Gasteiger partial charge in [-0.3, -0.25) is 4.79 Å². The van der Waals surface area contributed by atoms with Gasteiger partial charge in [-0.15, -0.1) is 0 Å². The average molecular weight is 311 g/mol. The standard InChI is InChI=1S/C17H17N3O3/c18-20-19-11-10-15(21)17(23)14-8-6-13(7-9-14)16(22)12-4-2-1-3-5-12/h1-9,15,17,21,23H,10-11H2. The Labute approximate surface area is 133 Å². The molecule has 6 nitrogen and oxygen atoms in total. The van der Waals surface area contributed by atoms with Crippen LogP contribution in [0.4, 0.5) is 0 Å². The molecule has 118 valence electrons. The van der Waals surface area contributed by atoms with Gasteiger partial charge in [-0.05, 0) is 17.5 Å². The first-order valence-electron chi connectivity index (χ1n) is 7.20. The lowest BCUT2D eigenvalue weighted by molar-refractivity contribution is 0.0150. The number of azide groups is 1. The van der Waals surface area contributed by atoms with Gasteiger partial charge in [-0.1, -0.05) is 59.7 Å². The second kappa shape index (κ2) is 8.10. The molecule has 0 aliphatic carbocycles. The zero-order valence-corrected chi connectivity index (χ0v) is 12.4. The van der Waals surface area contributed by atoms with E-state index in [9.17, 15) is 15.0 Å². The molecule has 23 heavy (non-hydrogen) atoms. The van der Waals surface area contributed by atoms with Crippen LogP contribution in [-0.2, 0) is 0 Å². The lowest BCUT2D eigenvalue weighted by Gasteiger charge is -2.17. The van der Waals surface area contributed by atoms with Crippen molar-refractivity contribution in [3.05, 3.63) is 81.7 Å². The summed E-state index contributed by atoms with van der Waals surface area (Å²) in [6.45, 7) is 0.110. The lowest BCUT2D eigenvalue weighted by Crippen LogP contribution is -2.19. The fourth-order valence-corrected chi connectivity index (χ4v) is 2.20. The number of carbonyl (C=O) groups is 1. The molecule has 2 atom stereocenters. The number of rotatable bonds is 7. The van der Waals surface area contributed by atoms with Crippen molar-refractivity contribution >= 4 is 5.78 Å². The van der Waals surface area contributed by atoms with Gasteiger partial charge in [-0.2, -0.15) is 0 Å². The summed E-state index contributed by atoms with van der Waals surface area (Å²) in [5.41, 5.74) is 9.80. The van der Waals surface area contributed by atoms with Crippen molar-refractivity contribution in [2.45, 2.75) is 18.6 Å². The van der Waals surface area contributed by atoms with Gasteiger partial charge in [0, 0.05) is 22.6 Å². The molecule has 0 bridgehead atoms. The molecule has 2 aromatic carbocycles. The highest BCUT2D eigenvalue weighted by Gasteiger charge is 2.18. The quantitative estimate of drug-likeness (QED) is 0.355. The highest BCUT2D eigenvalue weighted by atomic mass is 16.3. The average Bonchev–Trinajstić information content (AvgIpc) is 2.61. The molecule has 0 saturated carbocycles. The summed E-state index contributed by atoms with van der Waals surface area (Å²) in [4.78, 5) is 14.9. The Morgan fingerprint density at radius 1 is 1.04 bits per heavy atom. The van der Waals surface area contributed by atoms with E-state index < -0.39 is 12.2 Å². The number of hydrogen-bond acceptors (Lipinski definition) is 4. The molecule has 0 fully saturated rings. The van der Waals surface area contributed by atoms with E-state index in [4.69, 9.17) is 5.53 Å². The normalized spacial score (nSPS) is 13.0. The zero-order chi connectivity index (χ0) is 16.7. The SMILES string of the molecule is [N-]=[N+]=NCCC(O)C(O)c1ccc(C(=O)c2ccccc2)cc1. The van der Waals surface area contributed by atoms with Crippen LogP contribution >= 0.6 is 0 Å². The maximum atomic E-state index is 12.3. The molecule has 0 aliphatic heterocycles. The number of ketones is 1. The van der Waals surface area contributed by atoms with E-state index in [0.717, 1.165) is 0 Å². The summed E-state index contributed by atoms with van der Waals surface area (Å²) >= 11 is 0. The second-order valence-corrected chi connectivity index (χ2v) is 5.07. The van der Waals surface area contributed by atoms with E-state index in [1.165, 1.54) is 0 Å². The van der Waals surface area contributed by atoms with Crippen molar-refractivity contribution in [2.24, 2.45) is 5.11 Å². The maximum absolute atomic E-state index is 12.3. The van der Waals surface area contributed by atoms with Crippen molar-refractivity contribution in [1.82, 2.24) is 0 Å². The van der Waals surface area contributed by atoms with E-state index in [-0.39, 0.29) is 18.7 Å². The lowest BCUT2D eigenvalue weighted by atomic mass is 9.98. The summed E-state index contributed by atoms with van der Waals surface area (Å²) < 4.78 is 0. The van der Waals surface area contributed by atoms with Crippen molar-refractivity contribution < 1.29 is 15.0 Å². The summed E-state index contributed by atoms with van der Waals surface area (Å²) in [7, 11) is 0. The fourth-order valence-electron chi connectivity index (χ4n) is 2.20. The van der Waals surface area contributed by atoms with Crippen molar-refractivity contribution in [3.8, 4) is 0 Å². The highest BCUT2D eigenvalue weighted by Crippen LogP contribution is 2.20. The predicted octanol–water partition coefficient (Wildman–Crippen LogP) is 3.01. The van der Waals surface area contributed by atoms with Crippen molar-refractivity contribution in [1.29, 1.82) is 0 Å². The molecule has 2 rings (SSSR count). The molecule has 0 heterocycles. The molecular weight excluding hydrogens is 294 g/mol. The second-order valence-electron chi connectivity index (χ2n) is 5.07. The van der Waals surface area contributed by atoms with Crippen LogP contribution in [0.2, 0.25) is 0 Å². The van der Waals surface area contributed by atoms with Crippen LogP contribution in [-0.4, -0.2) is 28.6 Å². The molecule has 0 saturated heterocycles. The number of hydrogen-bond donors (Lipinski definition) is 2.